The number of carbonyl (C=O) groups excluding carboxylic acids is 1. The average molecular weight is 368 g/mol. The second kappa shape index (κ2) is 8.05. The first kappa shape index (κ1) is 18.0. The molecule has 1 heterocycles. The van der Waals surface area contributed by atoms with E-state index >= 15 is 0 Å². The van der Waals surface area contributed by atoms with E-state index < -0.39 is 0 Å². The van der Waals surface area contributed by atoms with Crippen molar-refractivity contribution >= 4 is 17.7 Å². The molecule has 0 atom stereocenters. The number of ether oxygens (including phenoxy) is 1. The van der Waals surface area contributed by atoms with Crippen LogP contribution in [0.2, 0.25) is 0 Å². The summed E-state index contributed by atoms with van der Waals surface area (Å²) in [5, 5.41) is 12.1. The van der Waals surface area contributed by atoms with Crippen LogP contribution in [-0.4, -0.2) is 34.0 Å². The monoisotopic (exact) mass is 368 g/mol. The lowest BCUT2D eigenvalue weighted by molar-refractivity contribution is 0.0949. The van der Waals surface area contributed by atoms with Crippen LogP contribution in [-0.2, 0) is 6.54 Å². The molecule has 0 fully saturated rings. The van der Waals surface area contributed by atoms with Crippen LogP contribution in [0.25, 0.3) is 5.69 Å². The van der Waals surface area contributed by atoms with Crippen molar-refractivity contribution in [3.8, 4) is 11.4 Å². The Hall–Kier alpha value is -2.80. The van der Waals surface area contributed by atoms with Crippen molar-refractivity contribution in [2.45, 2.75) is 18.6 Å². The van der Waals surface area contributed by atoms with E-state index in [9.17, 15) is 4.79 Å². The molecule has 1 amide bonds. The maximum absolute atomic E-state index is 12.3. The lowest BCUT2D eigenvalue weighted by Gasteiger charge is -2.11. The highest BCUT2D eigenvalue weighted by atomic mass is 32.2. The van der Waals surface area contributed by atoms with E-state index in [1.807, 2.05) is 66.3 Å². The Morgan fingerprint density at radius 2 is 1.81 bits per heavy atom. The van der Waals surface area contributed by atoms with Crippen molar-refractivity contribution in [3.63, 3.8) is 0 Å². The van der Waals surface area contributed by atoms with E-state index in [1.165, 1.54) is 11.8 Å². The van der Waals surface area contributed by atoms with Gasteiger partial charge in [-0.1, -0.05) is 29.5 Å². The van der Waals surface area contributed by atoms with Crippen LogP contribution in [0.15, 0.2) is 53.7 Å². The van der Waals surface area contributed by atoms with E-state index in [1.54, 1.807) is 7.11 Å². The van der Waals surface area contributed by atoms with Crippen LogP contribution >= 0.6 is 11.8 Å². The summed E-state index contributed by atoms with van der Waals surface area (Å²) < 4.78 is 7.14. The first-order valence-corrected chi connectivity index (χ1v) is 9.32. The summed E-state index contributed by atoms with van der Waals surface area (Å²) >= 11 is 1.50. The summed E-state index contributed by atoms with van der Waals surface area (Å²) in [6, 6.07) is 15.1. The molecule has 0 spiro atoms. The number of methoxy groups -OCH3 is 1. The van der Waals surface area contributed by atoms with Crippen molar-refractivity contribution < 1.29 is 9.53 Å². The van der Waals surface area contributed by atoms with Crippen LogP contribution in [0.1, 0.15) is 21.7 Å². The lowest BCUT2D eigenvalue weighted by atomic mass is 10.1. The fourth-order valence-corrected chi connectivity index (χ4v) is 3.02. The van der Waals surface area contributed by atoms with Crippen molar-refractivity contribution in [2.75, 3.05) is 13.4 Å². The Bertz CT molecular complexity index is 889. The van der Waals surface area contributed by atoms with Gasteiger partial charge in [-0.05, 0) is 49.6 Å². The smallest absolute Gasteiger partial charge is 0.251 e. The molecule has 0 saturated carbocycles. The molecule has 0 saturated heterocycles. The predicted molar refractivity (Wildman–Crippen MR) is 102 cm³/mol. The number of benzene rings is 2. The first-order chi connectivity index (χ1) is 12.6. The van der Waals surface area contributed by atoms with Gasteiger partial charge in [-0.3, -0.25) is 9.36 Å². The zero-order valence-corrected chi connectivity index (χ0v) is 15.7. The number of hydrogen-bond donors (Lipinski definition) is 1. The van der Waals surface area contributed by atoms with E-state index in [2.05, 4.69) is 15.5 Å². The molecule has 6 nitrogen and oxygen atoms in total. The number of thioether (sulfide) groups is 1. The summed E-state index contributed by atoms with van der Waals surface area (Å²) in [6.07, 6.45) is 1.94. The number of aryl methyl sites for hydroxylation is 1. The Labute approximate surface area is 156 Å². The molecular formula is C19H20N4O2S. The Kier molecular flexibility index (Phi) is 5.58. The fourth-order valence-electron chi connectivity index (χ4n) is 2.50. The van der Waals surface area contributed by atoms with Crippen LogP contribution in [0.4, 0.5) is 0 Å². The molecule has 0 aliphatic rings. The highest BCUT2D eigenvalue weighted by Gasteiger charge is 2.15. The molecule has 0 radical (unpaired) electrons. The molecule has 0 unspecified atom stereocenters. The van der Waals surface area contributed by atoms with Gasteiger partial charge in [0, 0.05) is 11.3 Å². The molecule has 3 rings (SSSR count). The minimum Gasteiger partial charge on any atom is -0.497 e. The zero-order chi connectivity index (χ0) is 18.5. The number of carbonyl (C=O) groups is 1. The molecule has 2 aromatic carbocycles. The van der Waals surface area contributed by atoms with Crippen LogP contribution in [0.5, 0.6) is 5.75 Å². The largest absolute Gasteiger partial charge is 0.497 e. The van der Waals surface area contributed by atoms with Gasteiger partial charge in [-0.15, -0.1) is 10.2 Å². The molecule has 1 N–H and O–H groups in total. The lowest BCUT2D eigenvalue weighted by Crippen LogP contribution is -2.24. The van der Waals surface area contributed by atoms with E-state index in [0.29, 0.717) is 11.4 Å². The number of aromatic nitrogens is 3. The molecular weight excluding hydrogens is 348 g/mol. The van der Waals surface area contributed by atoms with Crippen LogP contribution in [0.3, 0.4) is 0 Å². The average Bonchev–Trinajstić information content (AvgIpc) is 3.09. The third-order valence-corrected chi connectivity index (χ3v) is 4.56. The third kappa shape index (κ3) is 3.88. The number of hydrogen-bond acceptors (Lipinski definition) is 5. The number of nitrogens with zero attached hydrogens (tertiary/aromatic N) is 3. The Morgan fingerprint density at radius 3 is 2.42 bits per heavy atom. The van der Waals surface area contributed by atoms with Gasteiger partial charge in [-0.25, -0.2) is 0 Å². The van der Waals surface area contributed by atoms with Crippen molar-refractivity contribution in [1.82, 2.24) is 20.1 Å². The standard InChI is InChI=1S/C19H20N4O2S/c1-13-4-6-14(7-5-13)18(24)20-12-17-21-22-19(26-3)23(17)15-8-10-16(25-2)11-9-15/h4-11H,12H2,1-3H3,(H,20,24). The first-order valence-electron chi connectivity index (χ1n) is 8.10. The highest BCUT2D eigenvalue weighted by molar-refractivity contribution is 7.98. The van der Waals surface area contributed by atoms with Gasteiger partial charge in [0.05, 0.1) is 13.7 Å². The van der Waals surface area contributed by atoms with Gasteiger partial charge >= 0.3 is 0 Å². The molecule has 7 heteroatoms. The molecule has 26 heavy (non-hydrogen) atoms. The minimum absolute atomic E-state index is 0.139. The Balaban J connectivity index is 1.80. The van der Waals surface area contributed by atoms with Gasteiger partial charge in [-0.2, -0.15) is 0 Å². The van der Waals surface area contributed by atoms with Gasteiger partial charge < -0.3 is 10.1 Å². The van der Waals surface area contributed by atoms with Crippen LogP contribution in [0, 0.1) is 6.92 Å². The molecule has 3 aromatic rings. The molecule has 0 aliphatic heterocycles. The fraction of sp³-hybridized carbons (Fsp3) is 0.211. The third-order valence-electron chi connectivity index (χ3n) is 3.93. The summed E-state index contributed by atoms with van der Waals surface area (Å²) in [4.78, 5) is 12.3. The van der Waals surface area contributed by atoms with Crippen molar-refractivity contribution in [2.24, 2.45) is 0 Å². The van der Waals surface area contributed by atoms with Crippen molar-refractivity contribution in [1.29, 1.82) is 0 Å². The van der Waals surface area contributed by atoms with Crippen LogP contribution < -0.4 is 10.1 Å². The highest BCUT2D eigenvalue weighted by Crippen LogP contribution is 2.22. The SMILES string of the molecule is COc1ccc(-n2c(CNC(=O)c3ccc(C)cc3)nnc2SC)cc1. The summed E-state index contributed by atoms with van der Waals surface area (Å²) in [5.41, 5.74) is 2.65. The molecule has 0 aliphatic carbocycles. The second-order valence-corrected chi connectivity index (χ2v) is 6.46. The number of amides is 1. The van der Waals surface area contributed by atoms with Gasteiger partial charge in [0.25, 0.3) is 5.91 Å². The van der Waals surface area contributed by atoms with E-state index in [0.717, 1.165) is 22.2 Å². The minimum atomic E-state index is -0.139. The maximum atomic E-state index is 12.3. The molecule has 1 aromatic heterocycles. The maximum Gasteiger partial charge on any atom is 0.251 e. The van der Waals surface area contributed by atoms with Gasteiger partial charge in [0.1, 0.15) is 5.75 Å². The summed E-state index contributed by atoms with van der Waals surface area (Å²) in [5.74, 6) is 1.31. The second-order valence-electron chi connectivity index (χ2n) is 5.69. The molecule has 0 bridgehead atoms. The zero-order valence-electron chi connectivity index (χ0n) is 14.9. The number of nitrogens with one attached hydrogen (secondary N) is 1. The van der Waals surface area contributed by atoms with Gasteiger partial charge in [0.2, 0.25) is 0 Å². The Morgan fingerprint density at radius 1 is 1.12 bits per heavy atom. The van der Waals surface area contributed by atoms with Gasteiger partial charge in [0.15, 0.2) is 11.0 Å². The van der Waals surface area contributed by atoms with E-state index in [4.69, 9.17) is 4.74 Å². The predicted octanol–water partition coefficient (Wildman–Crippen LogP) is 3.24. The normalized spacial score (nSPS) is 10.6. The topological polar surface area (TPSA) is 69.0 Å². The quantitative estimate of drug-likeness (QED) is 0.677. The summed E-state index contributed by atoms with van der Waals surface area (Å²) in [7, 11) is 1.63. The summed E-state index contributed by atoms with van der Waals surface area (Å²) in [6.45, 7) is 2.27. The van der Waals surface area contributed by atoms with E-state index in [-0.39, 0.29) is 12.5 Å². The molecule has 134 valence electrons. The van der Waals surface area contributed by atoms with Crippen molar-refractivity contribution in [3.05, 3.63) is 65.5 Å². The number of rotatable bonds is 6.